The summed E-state index contributed by atoms with van der Waals surface area (Å²) < 4.78 is 0. The zero-order valence-electron chi connectivity index (χ0n) is 7.11. The second kappa shape index (κ2) is 3.89. The first-order valence-corrected chi connectivity index (χ1v) is 3.90. The number of anilines is 1. The summed E-state index contributed by atoms with van der Waals surface area (Å²) in [4.78, 5) is 13.4. The summed E-state index contributed by atoms with van der Waals surface area (Å²) >= 11 is 5.59. The molecule has 0 aliphatic rings. The van der Waals surface area contributed by atoms with E-state index in [-0.39, 0.29) is 22.1 Å². The summed E-state index contributed by atoms with van der Waals surface area (Å²) in [5, 5.41) is 21.7. The predicted octanol–water partition coefficient (Wildman–Crippen LogP) is 1.56. The average molecular weight is 213 g/mol. The first-order chi connectivity index (χ1) is 6.61. The van der Waals surface area contributed by atoms with Crippen molar-refractivity contribution in [2.24, 2.45) is 0 Å². The Bertz CT molecular complexity index is 426. The molecule has 72 valence electrons. The quantitative estimate of drug-likeness (QED) is 0.456. The van der Waals surface area contributed by atoms with Crippen molar-refractivity contribution in [3.05, 3.63) is 27.0 Å². The van der Waals surface area contributed by atoms with Gasteiger partial charge in [-0.1, -0.05) is 11.6 Å². The lowest BCUT2D eigenvalue weighted by atomic mass is 10.2. The van der Waals surface area contributed by atoms with Gasteiger partial charge in [0, 0.05) is 7.05 Å². The van der Waals surface area contributed by atoms with Crippen LogP contribution in [0.4, 0.5) is 11.4 Å². The van der Waals surface area contributed by atoms with Gasteiger partial charge in [0.25, 0.3) is 0 Å². The molecule has 0 spiro atoms. The third-order valence-corrected chi connectivity index (χ3v) is 1.86. The van der Waals surface area contributed by atoms with E-state index in [2.05, 4.69) is 10.3 Å². The van der Waals surface area contributed by atoms with Gasteiger partial charge in [-0.05, 0) is 0 Å². The van der Waals surface area contributed by atoms with Crippen LogP contribution in [0.25, 0.3) is 0 Å². The van der Waals surface area contributed by atoms with Crippen molar-refractivity contribution in [2.45, 2.75) is 0 Å². The molecule has 0 aliphatic carbocycles. The molecule has 14 heavy (non-hydrogen) atoms. The summed E-state index contributed by atoms with van der Waals surface area (Å²) in [5.41, 5.74) is -0.214. The summed E-state index contributed by atoms with van der Waals surface area (Å²) in [5.74, 6) is 0. The number of halogens is 1. The fraction of sp³-hybridized carbons (Fsp3) is 0.143. The van der Waals surface area contributed by atoms with Gasteiger partial charge in [0.15, 0.2) is 0 Å². The maximum Gasteiger partial charge on any atom is 0.311 e. The van der Waals surface area contributed by atoms with Crippen LogP contribution in [0, 0.1) is 21.4 Å². The Kier molecular flexibility index (Phi) is 2.84. The number of pyridine rings is 1. The van der Waals surface area contributed by atoms with Crippen LogP contribution in [0.2, 0.25) is 5.15 Å². The molecule has 1 aromatic heterocycles. The van der Waals surface area contributed by atoms with E-state index in [0.29, 0.717) is 0 Å². The average Bonchev–Trinajstić information content (AvgIpc) is 2.16. The molecule has 6 nitrogen and oxygen atoms in total. The molecular formula is C7H5ClN4O2. The van der Waals surface area contributed by atoms with Gasteiger partial charge in [-0.2, -0.15) is 5.26 Å². The minimum Gasteiger partial charge on any atom is -0.381 e. The third-order valence-electron chi connectivity index (χ3n) is 1.57. The van der Waals surface area contributed by atoms with Crippen molar-refractivity contribution in [1.29, 1.82) is 5.26 Å². The van der Waals surface area contributed by atoms with Crippen molar-refractivity contribution in [3.8, 4) is 6.07 Å². The number of nitrogens with zero attached hydrogens (tertiary/aromatic N) is 3. The fourth-order valence-corrected chi connectivity index (χ4v) is 1.16. The smallest absolute Gasteiger partial charge is 0.311 e. The van der Waals surface area contributed by atoms with Crippen molar-refractivity contribution in [2.75, 3.05) is 12.4 Å². The van der Waals surface area contributed by atoms with Gasteiger partial charge in [-0.15, -0.1) is 0 Å². The second-order valence-corrected chi connectivity index (χ2v) is 2.66. The molecule has 0 atom stereocenters. The van der Waals surface area contributed by atoms with E-state index in [4.69, 9.17) is 16.9 Å². The molecule has 1 aromatic rings. The Hall–Kier alpha value is -1.87. The van der Waals surface area contributed by atoms with Crippen LogP contribution in [0.3, 0.4) is 0 Å². The minimum atomic E-state index is -0.629. The third kappa shape index (κ3) is 1.58. The van der Waals surface area contributed by atoms with Crippen molar-refractivity contribution in [3.63, 3.8) is 0 Å². The molecule has 0 saturated carbocycles. The standard InChI is InChI=1S/C7H5ClN4O2/c1-10-6-4(2-9)7(8)11-3-5(6)12(13)14/h3H,1H3,(H,10,11). The Balaban J connectivity index is 3.50. The largest absolute Gasteiger partial charge is 0.381 e. The molecule has 1 heterocycles. The van der Waals surface area contributed by atoms with Crippen LogP contribution in [0.5, 0.6) is 0 Å². The monoisotopic (exact) mass is 212 g/mol. The number of rotatable bonds is 2. The summed E-state index contributed by atoms with van der Waals surface area (Å²) in [6.07, 6.45) is 1.01. The first-order valence-electron chi connectivity index (χ1n) is 3.52. The summed E-state index contributed by atoms with van der Waals surface area (Å²) in [6, 6.07) is 1.75. The van der Waals surface area contributed by atoms with E-state index in [0.717, 1.165) is 6.20 Å². The molecule has 0 saturated heterocycles. The molecule has 0 amide bonds. The molecule has 0 bridgehead atoms. The highest BCUT2D eigenvalue weighted by atomic mass is 35.5. The van der Waals surface area contributed by atoms with Crippen molar-refractivity contribution in [1.82, 2.24) is 4.98 Å². The molecule has 0 radical (unpaired) electrons. The lowest BCUT2D eigenvalue weighted by Gasteiger charge is -2.03. The van der Waals surface area contributed by atoms with Gasteiger partial charge >= 0.3 is 5.69 Å². The van der Waals surface area contributed by atoms with Crippen LogP contribution >= 0.6 is 11.6 Å². The number of nitriles is 1. The van der Waals surface area contributed by atoms with Crippen LogP contribution in [0.1, 0.15) is 5.56 Å². The number of nitro groups is 1. The molecular weight excluding hydrogens is 208 g/mol. The van der Waals surface area contributed by atoms with Crippen molar-refractivity contribution < 1.29 is 4.92 Å². The predicted molar refractivity (Wildman–Crippen MR) is 50.2 cm³/mol. The van der Waals surface area contributed by atoms with E-state index in [1.165, 1.54) is 7.05 Å². The second-order valence-electron chi connectivity index (χ2n) is 2.30. The Morgan fingerprint density at radius 2 is 2.43 bits per heavy atom. The van der Waals surface area contributed by atoms with Gasteiger partial charge in [0.05, 0.1) is 4.92 Å². The van der Waals surface area contributed by atoms with E-state index in [1.807, 2.05) is 0 Å². The lowest BCUT2D eigenvalue weighted by Crippen LogP contribution is -2.01. The first kappa shape index (κ1) is 10.2. The van der Waals surface area contributed by atoms with E-state index >= 15 is 0 Å². The van der Waals surface area contributed by atoms with Crippen molar-refractivity contribution >= 4 is 23.0 Å². The number of hydrogen-bond donors (Lipinski definition) is 1. The van der Waals surface area contributed by atoms with Crippen LogP contribution in [0.15, 0.2) is 6.20 Å². The molecule has 1 N–H and O–H groups in total. The van der Waals surface area contributed by atoms with E-state index < -0.39 is 4.92 Å². The highest BCUT2D eigenvalue weighted by Gasteiger charge is 2.20. The van der Waals surface area contributed by atoms with Gasteiger partial charge in [-0.3, -0.25) is 10.1 Å². The maximum atomic E-state index is 10.5. The van der Waals surface area contributed by atoms with Crippen LogP contribution < -0.4 is 5.32 Å². The van der Waals surface area contributed by atoms with Gasteiger partial charge < -0.3 is 5.32 Å². The molecule has 7 heteroatoms. The van der Waals surface area contributed by atoms with Gasteiger partial charge in [0.1, 0.15) is 28.7 Å². The number of hydrogen-bond acceptors (Lipinski definition) is 5. The zero-order chi connectivity index (χ0) is 10.7. The summed E-state index contributed by atoms with van der Waals surface area (Å²) in [7, 11) is 1.47. The van der Waals surface area contributed by atoms with Crippen LogP contribution in [-0.4, -0.2) is 17.0 Å². The van der Waals surface area contributed by atoms with E-state index in [1.54, 1.807) is 6.07 Å². The zero-order valence-corrected chi connectivity index (χ0v) is 7.87. The topological polar surface area (TPSA) is 91.8 Å². The normalized spacial score (nSPS) is 9.21. The minimum absolute atomic E-state index is 0.0247. The fourth-order valence-electron chi connectivity index (χ4n) is 0.972. The van der Waals surface area contributed by atoms with E-state index in [9.17, 15) is 10.1 Å². The van der Waals surface area contributed by atoms with Gasteiger partial charge in [0.2, 0.25) is 0 Å². The lowest BCUT2D eigenvalue weighted by molar-refractivity contribution is -0.384. The molecule has 1 rings (SSSR count). The molecule has 0 aliphatic heterocycles. The molecule has 0 aromatic carbocycles. The Morgan fingerprint density at radius 3 is 2.86 bits per heavy atom. The Morgan fingerprint density at radius 1 is 1.79 bits per heavy atom. The van der Waals surface area contributed by atoms with Crippen LogP contribution in [-0.2, 0) is 0 Å². The highest BCUT2D eigenvalue weighted by molar-refractivity contribution is 6.31. The molecule has 0 fully saturated rings. The Labute approximate surface area is 84.3 Å². The van der Waals surface area contributed by atoms with Gasteiger partial charge in [-0.25, -0.2) is 4.98 Å². The maximum absolute atomic E-state index is 10.5. The molecule has 0 unspecified atom stereocenters. The number of nitrogens with one attached hydrogen (secondary N) is 1. The highest BCUT2D eigenvalue weighted by Crippen LogP contribution is 2.30. The summed E-state index contributed by atoms with van der Waals surface area (Å²) in [6.45, 7) is 0. The number of aromatic nitrogens is 1. The SMILES string of the molecule is CNc1c([N+](=O)[O-])cnc(Cl)c1C#N.